The molecule has 1 aliphatic heterocycles. The van der Waals surface area contributed by atoms with Crippen molar-refractivity contribution in [3.05, 3.63) is 35.9 Å². The monoisotopic (exact) mass is 219 g/mol. The highest BCUT2D eigenvalue weighted by Crippen LogP contribution is 2.40. The highest BCUT2D eigenvalue weighted by Gasteiger charge is 2.48. The van der Waals surface area contributed by atoms with Crippen LogP contribution in [0.25, 0.3) is 0 Å². The number of hydrogen-bond donors (Lipinski definition) is 1. The van der Waals surface area contributed by atoms with Crippen LogP contribution >= 0.6 is 0 Å². The predicted molar refractivity (Wildman–Crippen MR) is 61.7 cm³/mol. The number of hydroxylamine groups is 1. The first-order valence-electron chi connectivity index (χ1n) is 5.76. The van der Waals surface area contributed by atoms with Crippen molar-refractivity contribution >= 4 is 5.91 Å². The Morgan fingerprint density at radius 1 is 1.25 bits per heavy atom. The van der Waals surface area contributed by atoms with Gasteiger partial charge in [-0.2, -0.15) is 0 Å². The highest BCUT2D eigenvalue weighted by atomic mass is 16.7. The lowest BCUT2D eigenvalue weighted by molar-refractivity contribution is -0.126. The van der Waals surface area contributed by atoms with E-state index in [0.29, 0.717) is 0 Å². The van der Waals surface area contributed by atoms with Crippen molar-refractivity contribution in [2.45, 2.75) is 38.2 Å². The fourth-order valence-corrected chi connectivity index (χ4v) is 2.41. The lowest BCUT2D eigenvalue weighted by Crippen LogP contribution is -2.34. The molecule has 0 saturated carbocycles. The van der Waals surface area contributed by atoms with Gasteiger partial charge in [-0.15, -0.1) is 0 Å². The van der Waals surface area contributed by atoms with E-state index in [4.69, 9.17) is 4.84 Å². The zero-order valence-corrected chi connectivity index (χ0v) is 9.69. The number of carbonyl (C=O) groups excluding carboxylic acids is 1. The van der Waals surface area contributed by atoms with Gasteiger partial charge in [-0.1, -0.05) is 44.2 Å². The summed E-state index contributed by atoms with van der Waals surface area (Å²) in [6, 6.07) is 9.84. The number of nitrogens with one attached hydrogen (secondary N) is 1. The maximum atomic E-state index is 11.9. The summed E-state index contributed by atoms with van der Waals surface area (Å²) in [6.45, 7) is 4.11. The average molecular weight is 219 g/mol. The Balaban J connectivity index is 2.40. The van der Waals surface area contributed by atoms with Crippen molar-refractivity contribution in [3.8, 4) is 0 Å². The summed E-state index contributed by atoms with van der Waals surface area (Å²) in [5, 5.41) is 0. The molecule has 2 rings (SSSR count). The zero-order valence-electron chi connectivity index (χ0n) is 9.69. The highest BCUT2D eigenvalue weighted by molar-refractivity contribution is 5.86. The predicted octanol–water partition coefficient (Wildman–Crippen LogP) is 2.39. The summed E-state index contributed by atoms with van der Waals surface area (Å²) < 4.78 is 0. The van der Waals surface area contributed by atoms with Crippen LogP contribution in [-0.4, -0.2) is 11.5 Å². The normalized spacial score (nSPS) is 23.1. The molecule has 0 bridgehead atoms. The van der Waals surface area contributed by atoms with Crippen LogP contribution in [0.15, 0.2) is 30.3 Å². The Morgan fingerprint density at radius 3 is 2.44 bits per heavy atom. The van der Waals surface area contributed by atoms with Gasteiger partial charge in [-0.3, -0.25) is 9.63 Å². The van der Waals surface area contributed by atoms with Crippen LogP contribution in [0.3, 0.4) is 0 Å². The van der Waals surface area contributed by atoms with Crippen LogP contribution in [0.5, 0.6) is 0 Å². The van der Waals surface area contributed by atoms with E-state index in [1.54, 1.807) is 0 Å². The van der Waals surface area contributed by atoms with Gasteiger partial charge in [0.25, 0.3) is 5.91 Å². The van der Waals surface area contributed by atoms with E-state index in [2.05, 4.69) is 19.3 Å². The smallest absolute Gasteiger partial charge is 0.254 e. The molecule has 1 aromatic carbocycles. The Morgan fingerprint density at radius 2 is 1.88 bits per heavy atom. The second-order valence-electron chi connectivity index (χ2n) is 4.18. The second kappa shape index (κ2) is 4.26. The van der Waals surface area contributed by atoms with Crippen LogP contribution in [0.2, 0.25) is 0 Å². The van der Waals surface area contributed by atoms with Crippen LogP contribution in [0.1, 0.15) is 38.2 Å². The van der Waals surface area contributed by atoms with Crippen molar-refractivity contribution in [1.82, 2.24) is 5.48 Å². The largest absolute Gasteiger partial charge is 0.272 e. The van der Waals surface area contributed by atoms with Gasteiger partial charge in [0.2, 0.25) is 0 Å². The molecular weight excluding hydrogens is 202 g/mol. The molecule has 1 aromatic rings. The van der Waals surface area contributed by atoms with Gasteiger partial charge in [-0.25, -0.2) is 5.48 Å². The van der Waals surface area contributed by atoms with Gasteiger partial charge in [0, 0.05) is 0 Å². The van der Waals surface area contributed by atoms with Gasteiger partial charge in [0.1, 0.15) is 5.60 Å². The second-order valence-corrected chi connectivity index (χ2v) is 4.18. The molecule has 0 aliphatic carbocycles. The number of hydrogen-bond acceptors (Lipinski definition) is 2. The topological polar surface area (TPSA) is 38.3 Å². The third-order valence-corrected chi connectivity index (χ3v) is 3.47. The molecule has 3 heteroatoms. The van der Waals surface area contributed by atoms with Gasteiger partial charge in [0.15, 0.2) is 0 Å². The van der Waals surface area contributed by atoms with Crippen molar-refractivity contribution < 1.29 is 9.63 Å². The van der Waals surface area contributed by atoms with Gasteiger partial charge in [0.05, 0.1) is 5.92 Å². The molecule has 86 valence electrons. The Hall–Kier alpha value is -1.35. The van der Waals surface area contributed by atoms with Crippen LogP contribution in [0.4, 0.5) is 0 Å². The first-order chi connectivity index (χ1) is 7.73. The SMILES string of the molecule is CCC1(CC)ONC(=O)C1c1ccccc1. The van der Waals surface area contributed by atoms with E-state index in [9.17, 15) is 4.79 Å². The molecule has 1 saturated heterocycles. The van der Waals surface area contributed by atoms with E-state index in [0.717, 1.165) is 18.4 Å². The summed E-state index contributed by atoms with van der Waals surface area (Å²) in [5.41, 5.74) is 3.16. The minimum absolute atomic E-state index is 0.0325. The van der Waals surface area contributed by atoms with E-state index in [1.165, 1.54) is 0 Å². The maximum absolute atomic E-state index is 11.9. The fraction of sp³-hybridized carbons (Fsp3) is 0.462. The quantitative estimate of drug-likeness (QED) is 0.847. The molecule has 1 amide bonds. The lowest BCUT2D eigenvalue weighted by atomic mass is 9.79. The third kappa shape index (κ3) is 1.61. The number of benzene rings is 1. The van der Waals surface area contributed by atoms with Crippen LogP contribution in [-0.2, 0) is 9.63 Å². The third-order valence-electron chi connectivity index (χ3n) is 3.47. The zero-order chi connectivity index (χ0) is 11.6. The summed E-state index contributed by atoms with van der Waals surface area (Å²) in [4.78, 5) is 17.4. The van der Waals surface area contributed by atoms with Crippen molar-refractivity contribution in [2.24, 2.45) is 0 Å². The van der Waals surface area contributed by atoms with Crippen molar-refractivity contribution in [2.75, 3.05) is 0 Å². The van der Waals surface area contributed by atoms with Gasteiger partial charge >= 0.3 is 0 Å². The van der Waals surface area contributed by atoms with E-state index < -0.39 is 5.60 Å². The van der Waals surface area contributed by atoms with Crippen molar-refractivity contribution in [1.29, 1.82) is 0 Å². The summed E-state index contributed by atoms with van der Waals surface area (Å²) in [5.74, 6) is -0.224. The van der Waals surface area contributed by atoms with E-state index >= 15 is 0 Å². The van der Waals surface area contributed by atoms with Gasteiger partial charge < -0.3 is 0 Å². The van der Waals surface area contributed by atoms with Gasteiger partial charge in [-0.05, 0) is 18.4 Å². The standard InChI is InChI=1S/C13H17NO2/c1-3-13(4-2)11(12(15)14-16-13)10-8-6-5-7-9-10/h5-9,11H,3-4H2,1-2H3,(H,14,15). The maximum Gasteiger partial charge on any atom is 0.254 e. The molecule has 1 fully saturated rings. The molecule has 16 heavy (non-hydrogen) atoms. The summed E-state index contributed by atoms with van der Waals surface area (Å²) in [7, 11) is 0. The minimum Gasteiger partial charge on any atom is -0.272 e. The molecule has 1 unspecified atom stereocenters. The first-order valence-corrected chi connectivity index (χ1v) is 5.76. The van der Waals surface area contributed by atoms with E-state index in [-0.39, 0.29) is 11.8 Å². The molecule has 0 radical (unpaired) electrons. The Bertz CT molecular complexity index is 371. The van der Waals surface area contributed by atoms with Crippen molar-refractivity contribution in [3.63, 3.8) is 0 Å². The Kier molecular flexibility index (Phi) is 2.97. The molecule has 1 N–H and O–H groups in total. The molecule has 0 aromatic heterocycles. The molecule has 1 heterocycles. The first kappa shape index (κ1) is 11.1. The van der Waals surface area contributed by atoms with E-state index in [1.807, 2.05) is 30.3 Å². The number of rotatable bonds is 3. The molecular formula is C13H17NO2. The van der Waals surface area contributed by atoms with Crippen LogP contribution < -0.4 is 5.48 Å². The number of amides is 1. The lowest BCUT2D eigenvalue weighted by Gasteiger charge is -2.29. The summed E-state index contributed by atoms with van der Waals surface area (Å²) >= 11 is 0. The molecule has 1 aliphatic rings. The molecule has 1 atom stereocenters. The fourth-order valence-electron chi connectivity index (χ4n) is 2.41. The minimum atomic E-state index is -0.390. The van der Waals surface area contributed by atoms with Crippen LogP contribution in [0, 0.1) is 0 Å². The summed E-state index contributed by atoms with van der Waals surface area (Å²) in [6.07, 6.45) is 1.64. The molecule has 0 spiro atoms. The Labute approximate surface area is 95.8 Å². The molecule has 3 nitrogen and oxygen atoms in total. The average Bonchev–Trinajstić information content (AvgIpc) is 2.68. The number of carbonyl (C=O) groups is 1.